The van der Waals surface area contributed by atoms with E-state index in [1.807, 2.05) is 18.2 Å². The average molecular weight is 213 g/mol. The van der Waals surface area contributed by atoms with Crippen LogP contribution >= 0.6 is 11.8 Å². The van der Waals surface area contributed by atoms with Gasteiger partial charge in [0.05, 0.1) is 6.67 Å². The number of benzene rings is 1. The van der Waals surface area contributed by atoms with Crippen molar-refractivity contribution >= 4 is 11.8 Å². The summed E-state index contributed by atoms with van der Waals surface area (Å²) in [6.45, 7) is 0.442. The van der Waals surface area contributed by atoms with Gasteiger partial charge in [0.2, 0.25) is 0 Å². The molecule has 3 heteroatoms. The third-order valence-corrected chi connectivity index (χ3v) is 3.03. The summed E-state index contributed by atoms with van der Waals surface area (Å²) < 4.78 is 12.0. The maximum Gasteiger partial charge on any atom is 0.0988 e. The Bertz CT molecular complexity index is 238. The van der Waals surface area contributed by atoms with Crippen molar-refractivity contribution in [1.29, 1.82) is 0 Å². The van der Waals surface area contributed by atoms with Crippen LogP contribution < -0.4 is 5.73 Å². The van der Waals surface area contributed by atoms with Gasteiger partial charge in [0.25, 0.3) is 0 Å². The van der Waals surface area contributed by atoms with Crippen LogP contribution in [0.3, 0.4) is 0 Å². The lowest BCUT2D eigenvalue weighted by Gasteiger charge is -2.07. The summed E-state index contributed by atoms with van der Waals surface area (Å²) >= 11 is 1.58. The van der Waals surface area contributed by atoms with Gasteiger partial charge in [0, 0.05) is 10.6 Å². The van der Waals surface area contributed by atoms with Crippen LogP contribution in [0.25, 0.3) is 0 Å². The van der Waals surface area contributed by atoms with Gasteiger partial charge in [-0.3, -0.25) is 4.39 Å². The van der Waals surface area contributed by atoms with Gasteiger partial charge >= 0.3 is 0 Å². The highest BCUT2D eigenvalue weighted by Gasteiger charge is 2.01. The van der Waals surface area contributed by atoms with E-state index in [2.05, 4.69) is 6.07 Å². The van der Waals surface area contributed by atoms with Crippen LogP contribution in [0.5, 0.6) is 0 Å². The fourth-order valence-electron chi connectivity index (χ4n) is 1.29. The Hall–Kier alpha value is -0.540. The van der Waals surface area contributed by atoms with E-state index in [9.17, 15) is 4.39 Å². The summed E-state index contributed by atoms with van der Waals surface area (Å²) in [5, 5.41) is 0. The molecule has 1 aromatic carbocycles. The molecule has 0 aromatic heterocycles. The highest BCUT2D eigenvalue weighted by molar-refractivity contribution is 7.99. The van der Waals surface area contributed by atoms with E-state index in [1.54, 1.807) is 11.8 Å². The molecule has 0 atom stereocenters. The zero-order valence-corrected chi connectivity index (χ0v) is 9.02. The zero-order valence-electron chi connectivity index (χ0n) is 8.21. The molecule has 78 valence electrons. The molecule has 0 aliphatic carbocycles. The summed E-state index contributed by atoms with van der Waals surface area (Å²) in [5.41, 5.74) is 6.75. The first-order valence-corrected chi connectivity index (χ1v) is 5.83. The zero-order chi connectivity index (χ0) is 10.2. The van der Waals surface area contributed by atoms with Crippen molar-refractivity contribution in [2.75, 3.05) is 19.0 Å². The van der Waals surface area contributed by atoms with Crippen molar-refractivity contribution in [3.05, 3.63) is 29.8 Å². The van der Waals surface area contributed by atoms with E-state index in [1.165, 1.54) is 10.5 Å². The lowest BCUT2D eigenvalue weighted by molar-refractivity contribution is 0.533. The fourth-order valence-corrected chi connectivity index (χ4v) is 2.12. The summed E-state index contributed by atoms with van der Waals surface area (Å²) in [5.74, 6) is 0.541. The molecule has 0 spiro atoms. The molecule has 14 heavy (non-hydrogen) atoms. The van der Waals surface area contributed by atoms with Gasteiger partial charge in [-0.05, 0) is 31.0 Å². The molecular weight excluding hydrogens is 197 g/mol. The molecule has 0 heterocycles. The van der Waals surface area contributed by atoms with E-state index < -0.39 is 0 Å². The molecule has 0 fully saturated rings. The molecule has 0 unspecified atom stereocenters. The number of halogens is 1. The highest BCUT2D eigenvalue weighted by atomic mass is 32.2. The smallest absolute Gasteiger partial charge is 0.0988 e. The lowest BCUT2D eigenvalue weighted by Crippen LogP contribution is -2.01. The quantitative estimate of drug-likeness (QED) is 0.735. The van der Waals surface area contributed by atoms with Gasteiger partial charge in [-0.25, -0.2) is 0 Å². The lowest BCUT2D eigenvalue weighted by atomic mass is 10.1. The molecule has 0 aliphatic heterocycles. The van der Waals surface area contributed by atoms with Crippen molar-refractivity contribution in [3.63, 3.8) is 0 Å². The topological polar surface area (TPSA) is 26.0 Å². The summed E-state index contributed by atoms with van der Waals surface area (Å²) in [7, 11) is 0. The van der Waals surface area contributed by atoms with Crippen LogP contribution in [0.4, 0.5) is 4.39 Å². The minimum atomic E-state index is -0.268. The molecule has 1 aromatic rings. The standard InChI is InChI=1S/C11H16FNS/c12-7-9-14-11-6-2-1-4-10(11)5-3-8-13/h1-2,4,6H,3,5,7-9,13H2. The van der Waals surface area contributed by atoms with Crippen LogP contribution in [-0.4, -0.2) is 19.0 Å². The summed E-state index contributed by atoms with van der Waals surface area (Å²) in [6, 6.07) is 8.15. The number of hydrogen-bond acceptors (Lipinski definition) is 2. The Balaban J connectivity index is 2.60. The first-order chi connectivity index (χ1) is 6.88. The number of thioether (sulfide) groups is 1. The predicted octanol–water partition coefficient (Wildman–Crippen LogP) is 2.64. The maximum atomic E-state index is 12.0. The van der Waals surface area contributed by atoms with Gasteiger partial charge in [0.15, 0.2) is 0 Å². The van der Waals surface area contributed by atoms with Crippen molar-refractivity contribution < 1.29 is 4.39 Å². The molecule has 1 rings (SSSR count). The van der Waals surface area contributed by atoms with Crippen molar-refractivity contribution in [1.82, 2.24) is 0 Å². The number of rotatable bonds is 6. The SMILES string of the molecule is NCCCc1ccccc1SCCF. The van der Waals surface area contributed by atoms with E-state index >= 15 is 0 Å². The number of alkyl halides is 1. The Kier molecular flexibility index (Phi) is 5.64. The first-order valence-electron chi connectivity index (χ1n) is 4.85. The molecule has 2 N–H and O–H groups in total. The fraction of sp³-hybridized carbons (Fsp3) is 0.455. The van der Waals surface area contributed by atoms with Crippen molar-refractivity contribution in [3.8, 4) is 0 Å². The van der Waals surface area contributed by atoms with Gasteiger partial charge in [-0.1, -0.05) is 18.2 Å². The van der Waals surface area contributed by atoms with Crippen LogP contribution in [0, 0.1) is 0 Å². The van der Waals surface area contributed by atoms with Gasteiger partial charge < -0.3 is 5.73 Å². The van der Waals surface area contributed by atoms with E-state index in [0.29, 0.717) is 12.3 Å². The molecule has 0 amide bonds. The molecule has 0 saturated heterocycles. The predicted molar refractivity (Wildman–Crippen MR) is 60.5 cm³/mol. The third-order valence-electron chi connectivity index (χ3n) is 1.96. The molecule has 0 radical (unpaired) electrons. The van der Waals surface area contributed by atoms with E-state index in [0.717, 1.165) is 12.8 Å². The largest absolute Gasteiger partial charge is 0.330 e. The second-order valence-corrected chi connectivity index (χ2v) is 4.17. The third kappa shape index (κ3) is 3.68. The Labute approximate surface area is 88.9 Å². The van der Waals surface area contributed by atoms with Crippen LogP contribution in [0.2, 0.25) is 0 Å². The highest BCUT2D eigenvalue weighted by Crippen LogP contribution is 2.23. The van der Waals surface area contributed by atoms with Gasteiger partial charge in [0.1, 0.15) is 0 Å². The van der Waals surface area contributed by atoms with E-state index in [-0.39, 0.29) is 6.67 Å². The molecule has 0 saturated carbocycles. The van der Waals surface area contributed by atoms with Crippen molar-refractivity contribution in [2.24, 2.45) is 5.73 Å². The average Bonchev–Trinajstić information content (AvgIpc) is 2.24. The molecular formula is C11H16FNS. The molecule has 0 bridgehead atoms. The number of hydrogen-bond donors (Lipinski definition) is 1. The van der Waals surface area contributed by atoms with Crippen LogP contribution in [0.15, 0.2) is 29.2 Å². The van der Waals surface area contributed by atoms with E-state index in [4.69, 9.17) is 5.73 Å². The Morgan fingerprint density at radius 2 is 2.07 bits per heavy atom. The summed E-state index contributed by atoms with van der Waals surface area (Å²) in [6.07, 6.45) is 1.99. The second kappa shape index (κ2) is 6.85. The van der Waals surface area contributed by atoms with Gasteiger partial charge in [-0.2, -0.15) is 0 Å². The van der Waals surface area contributed by atoms with Gasteiger partial charge in [-0.15, -0.1) is 11.8 Å². The maximum absolute atomic E-state index is 12.0. The Morgan fingerprint density at radius 3 is 2.79 bits per heavy atom. The minimum absolute atomic E-state index is 0.268. The van der Waals surface area contributed by atoms with Crippen molar-refractivity contribution in [2.45, 2.75) is 17.7 Å². The number of nitrogens with two attached hydrogens (primary N) is 1. The van der Waals surface area contributed by atoms with Crippen LogP contribution in [0.1, 0.15) is 12.0 Å². The molecule has 0 aliphatic rings. The normalized spacial score (nSPS) is 10.4. The summed E-state index contributed by atoms with van der Waals surface area (Å²) in [4.78, 5) is 1.19. The monoisotopic (exact) mass is 213 g/mol. The molecule has 1 nitrogen and oxygen atoms in total. The Morgan fingerprint density at radius 1 is 1.29 bits per heavy atom. The number of aryl methyl sites for hydroxylation is 1. The minimum Gasteiger partial charge on any atom is -0.330 e. The van der Waals surface area contributed by atoms with Crippen LogP contribution in [-0.2, 0) is 6.42 Å². The first kappa shape index (κ1) is 11.5. The second-order valence-electron chi connectivity index (χ2n) is 3.04.